The molecule has 0 saturated carbocycles. The molecule has 1 aromatic heterocycles. The Bertz CT molecular complexity index is 807. The third-order valence-electron chi connectivity index (χ3n) is 3.80. The molecular formula is C17H17N3. The van der Waals surface area contributed by atoms with E-state index in [1.165, 1.54) is 11.1 Å². The molecule has 0 saturated heterocycles. The Hall–Kier alpha value is -2.42. The van der Waals surface area contributed by atoms with Gasteiger partial charge in [0.25, 0.3) is 0 Å². The molecule has 0 spiro atoms. The number of benzene rings is 2. The highest BCUT2D eigenvalue weighted by Crippen LogP contribution is 2.27. The van der Waals surface area contributed by atoms with E-state index >= 15 is 0 Å². The minimum absolute atomic E-state index is 0.537. The van der Waals surface area contributed by atoms with Crippen molar-refractivity contribution >= 4 is 16.7 Å². The zero-order chi connectivity index (χ0) is 14.3. The summed E-state index contributed by atoms with van der Waals surface area (Å²) in [5.74, 6) is 1.24. The van der Waals surface area contributed by atoms with Gasteiger partial charge < -0.3 is 5.73 Å². The largest absolute Gasteiger partial charge is 0.383 e. The van der Waals surface area contributed by atoms with Gasteiger partial charge in [0.1, 0.15) is 5.82 Å². The van der Waals surface area contributed by atoms with Gasteiger partial charge in [-0.25, -0.2) is 9.97 Å². The minimum atomic E-state index is 0.537. The van der Waals surface area contributed by atoms with Gasteiger partial charge in [0.15, 0.2) is 5.82 Å². The van der Waals surface area contributed by atoms with Crippen molar-refractivity contribution in [3.8, 4) is 11.4 Å². The zero-order valence-electron chi connectivity index (χ0n) is 11.9. The SMILES string of the molecule is Cc1cccc(-c2nc(N)c3cccc(C)c3n2)c1C. The Morgan fingerprint density at radius 1 is 0.850 bits per heavy atom. The fourth-order valence-electron chi connectivity index (χ4n) is 2.43. The predicted molar refractivity (Wildman–Crippen MR) is 83.6 cm³/mol. The Morgan fingerprint density at radius 2 is 1.55 bits per heavy atom. The molecule has 0 radical (unpaired) electrons. The molecule has 1 heterocycles. The number of nitrogens with zero attached hydrogens (tertiary/aromatic N) is 2. The molecule has 2 N–H and O–H groups in total. The van der Waals surface area contributed by atoms with Crippen molar-refractivity contribution in [1.82, 2.24) is 9.97 Å². The second kappa shape index (κ2) is 4.60. The molecule has 0 aliphatic heterocycles. The summed E-state index contributed by atoms with van der Waals surface area (Å²) >= 11 is 0. The molecule has 0 amide bonds. The molecule has 3 nitrogen and oxygen atoms in total. The van der Waals surface area contributed by atoms with Gasteiger partial charge in [-0.1, -0.05) is 30.3 Å². The Balaban J connectivity index is 2.33. The predicted octanol–water partition coefficient (Wildman–Crippen LogP) is 3.80. The molecule has 0 aliphatic rings. The average Bonchev–Trinajstić information content (AvgIpc) is 2.43. The number of aromatic nitrogens is 2. The molecule has 3 heteroatoms. The second-order valence-corrected chi connectivity index (χ2v) is 5.15. The summed E-state index contributed by atoms with van der Waals surface area (Å²) in [6.45, 7) is 6.22. The summed E-state index contributed by atoms with van der Waals surface area (Å²) in [4.78, 5) is 9.20. The molecular weight excluding hydrogens is 246 g/mol. The third kappa shape index (κ3) is 1.92. The van der Waals surface area contributed by atoms with Gasteiger partial charge >= 0.3 is 0 Å². The van der Waals surface area contributed by atoms with E-state index < -0.39 is 0 Å². The lowest BCUT2D eigenvalue weighted by Gasteiger charge is -2.10. The number of para-hydroxylation sites is 1. The Kier molecular flexibility index (Phi) is 2.90. The average molecular weight is 263 g/mol. The van der Waals surface area contributed by atoms with Crippen molar-refractivity contribution < 1.29 is 0 Å². The van der Waals surface area contributed by atoms with Gasteiger partial charge in [0.2, 0.25) is 0 Å². The summed E-state index contributed by atoms with van der Waals surface area (Å²) in [6, 6.07) is 12.1. The summed E-state index contributed by atoms with van der Waals surface area (Å²) in [7, 11) is 0. The van der Waals surface area contributed by atoms with Gasteiger partial charge in [0.05, 0.1) is 5.52 Å². The first kappa shape index (κ1) is 12.6. The summed E-state index contributed by atoms with van der Waals surface area (Å²) in [6.07, 6.45) is 0. The number of anilines is 1. The minimum Gasteiger partial charge on any atom is -0.383 e. The number of hydrogen-bond acceptors (Lipinski definition) is 3. The third-order valence-corrected chi connectivity index (χ3v) is 3.80. The fraction of sp³-hybridized carbons (Fsp3) is 0.176. The van der Waals surface area contributed by atoms with E-state index in [1.54, 1.807) is 0 Å². The summed E-state index contributed by atoms with van der Waals surface area (Å²) < 4.78 is 0. The van der Waals surface area contributed by atoms with E-state index in [9.17, 15) is 0 Å². The van der Waals surface area contributed by atoms with Crippen LogP contribution in [0.3, 0.4) is 0 Å². The van der Waals surface area contributed by atoms with Crippen LogP contribution in [0.25, 0.3) is 22.3 Å². The number of hydrogen-bond donors (Lipinski definition) is 1. The van der Waals surface area contributed by atoms with Crippen LogP contribution in [0.5, 0.6) is 0 Å². The van der Waals surface area contributed by atoms with Crippen molar-refractivity contribution in [1.29, 1.82) is 0 Å². The van der Waals surface area contributed by atoms with Crippen molar-refractivity contribution in [3.63, 3.8) is 0 Å². The van der Waals surface area contributed by atoms with E-state index in [4.69, 9.17) is 10.7 Å². The lowest BCUT2D eigenvalue weighted by atomic mass is 10.0. The quantitative estimate of drug-likeness (QED) is 0.726. The highest BCUT2D eigenvalue weighted by Gasteiger charge is 2.11. The molecule has 0 atom stereocenters. The van der Waals surface area contributed by atoms with E-state index in [2.05, 4.69) is 24.9 Å². The molecule has 0 unspecified atom stereocenters. The standard InChI is InChI=1S/C17H17N3/c1-10-6-4-8-13(12(10)3)17-19-15-11(2)7-5-9-14(15)16(18)20-17/h4-9H,1-3H3,(H2,18,19,20). The van der Waals surface area contributed by atoms with Gasteiger partial charge in [-0.3, -0.25) is 0 Å². The number of nitrogen functional groups attached to an aromatic ring is 1. The highest BCUT2D eigenvalue weighted by molar-refractivity contribution is 5.91. The maximum atomic E-state index is 6.10. The molecule has 3 rings (SSSR count). The Morgan fingerprint density at radius 3 is 2.35 bits per heavy atom. The van der Waals surface area contributed by atoms with Gasteiger partial charge in [-0.15, -0.1) is 0 Å². The molecule has 0 bridgehead atoms. The fourth-order valence-corrected chi connectivity index (χ4v) is 2.43. The monoisotopic (exact) mass is 263 g/mol. The lowest BCUT2D eigenvalue weighted by molar-refractivity contribution is 1.20. The van der Waals surface area contributed by atoms with Crippen LogP contribution in [0.2, 0.25) is 0 Å². The van der Waals surface area contributed by atoms with Crippen LogP contribution in [0.15, 0.2) is 36.4 Å². The lowest BCUT2D eigenvalue weighted by Crippen LogP contribution is -2.00. The Labute approximate surface area is 118 Å². The van der Waals surface area contributed by atoms with Crippen LogP contribution in [0, 0.1) is 20.8 Å². The number of fused-ring (bicyclic) bond motifs is 1. The second-order valence-electron chi connectivity index (χ2n) is 5.15. The molecule has 20 heavy (non-hydrogen) atoms. The van der Waals surface area contributed by atoms with Crippen molar-refractivity contribution in [2.45, 2.75) is 20.8 Å². The van der Waals surface area contributed by atoms with Crippen LogP contribution in [0.1, 0.15) is 16.7 Å². The highest BCUT2D eigenvalue weighted by atomic mass is 14.9. The van der Waals surface area contributed by atoms with Crippen molar-refractivity contribution in [3.05, 3.63) is 53.1 Å². The normalized spacial score (nSPS) is 10.9. The summed E-state index contributed by atoms with van der Waals surface area (Å²) in [5.41, 5.74) is 11.6. The molecule has 3 aromatic rings. The van der Waals surface area contributed by atoms with E-state index in [0.717, 1.165) is 22.0 Å². The van der Waals surface area contributed by atoms with Crippen molar-refractivity contribution in [2.24, 2.45) is 0 Å². The van der Waals surface area contributed by atoms with E-state index in [0.29, 0.717) is 11.6 Å². The van der Waals surface area contributed by atoms with Crippen LogP contribution in [-0.2, 0) is 0 Å². The maximum Gasteiger partial charge on any atom is 0.162 e. The van der Waals surface area contributed by atoms with Crippen LogP contribution < -0.4 is 5.73 Å². The van der Waals surface area contributed by atoms with E-state index in [1.807, 2.05) is 37.3 Å². The van der Waals surface area contributed by atoms with Gasteiger partial charge in [-0.05, 0) is 43.5 Å². The topological polar surface area (TPSA) is 51.8 Å². The number of aryl methyl sites for hydroxylation is 2. The number of rotatable bonds is 1. The van der Waals surface area contributed by atoms with Gasteiger partial charge in [0, 0.05) is 10.9 Å². The first-order valence-electron chi connectivity index (χ1n) is 6.67. The first-order valence-corrected chi connectivity index (χ1v) is 6.67. The summed E-state index contributed by atoms with van der Waals surface area (Å²) in [5, 5.41) is 0.916. The van der Waals surface area contributed by atoms with Crippen LogP contribution >= 0.6 is 0 Å². The maximum absolute atomic E-state index is 6.10. The molecule has 100 valence electrons. The van der Waals surface area contributed by atoms with Crippen molar-refractivity contribution in [2.75, 3.05) is 5.73 Å². The first-order chi connectivity index (χ1) is 9.58. The van der Waals surface area contributed by atoms with Crippen LogP contribution in [0.4, 0.5) is 5.82 Å². The van der Waals surface area contributed by atoms with Gasteiger partial charge in [-0.2, -0.15) is 0 Å². The number of nitrogens with two attached hydrogens (primary N) is 1. The molecule has 2 aromatic carbocycles. The molecule has 0 aliphatic carbocycles. The molecule has 0 fully saturated rings. The zero-order valence-corrected chi connectivity index (χ0v) is 11.9. The smallest absolute Gasteiger partial charge is 0.162 e. The van der Waals surface area contributed by atoms with Crippen LogP contribution in [-0.4, -0.2) is 9.97 Å². The van der Waals surface area contributed by atoms with E-state index in [-0.39, 0.29) is 0 Å².